The maximum Gasteiger partial charge on any atom is 0.416 e. The summed E-state index contributed by atoms with van der Waals surface area (Å²) in [5.74, 6) is 0.604. The number of carbonyl (C=O) groups excluding carboxylic acids is 1. The second-order valence-corrected chi connectivity index (χ2v) is 12.1. The lowest BCUT2D eigenvalue weighted by atomic mass is 9.98. The number of alkyl halides is 3. The van der Waals surface area contributed by atoms with E-state index in [-0.39, 0.29) is 29.9 Å². The van der Waals surface area contributed by atoms with Crippen LogP contribution in [0.15, 0.2) is 49.1 Å². The number of carbonyl (C=O) groups is 1. The number of nitriles is 1. The number of hydrogen-bond acceptors (Lipinski definition) is 8. The first-order valence-electron chi connectivity index (χ1n) is 14.8. The fraction of sp³-hybridized carbons (Fsp3) is 0.375. The number of pyridine rings is 2. The van der Waals surface area contributed by atoms with Crippen molar-refractivity contribution in [2.75, 3.05) is 29.9 Å². The molecule has 3 aliphatic rings. The van der Waals surface area contributed by atoms with Crippen molar-refractivity contribution < 1.29 is 18.0 Å². The first kappa shape index (κ1) is 28.9. The van der Waals surface area contributed by atoms with Crippen LogP contribution in [-0.4, -0.2) is 55.2 Å². The van der Waals surface area contributed by atoms with Gasteiger partial charge >= 0.3 is 6.18 Å². The van der Waals surface area contributed by atoms with Gasteiger partial charge in [-0.05, 0) is 78.2 Å². The lowest BCUT2D eigenvalue weighted by molar-refractivity contribution is -0.138. The van der Waals surface area contributed by atoms with Crippen LogP contribution >= 0.6 is 0 Å². The van der Waals surface area contributed by atoms with Crippen LogP contribution in [-0.2, 0) is 26.3 Å². The third-order valence-corrected chi connectivity index (χ3v) is 9.00. The Labute approximate surface area is 257 Å². The third kappa shape index (κ3) is 5.50. The lowest BCUT2D eigenvalue weighted by Crippen LogP contribution is -2.24. The summed E-state index contributed by atoms with van der Waals surface area (Å²) in [6, 6.07) is 10.1. The van der Waals surface area contributed by atoms with E-state index < -0.39 is 17.6 Å². The van der Waals surface area contributed by atoms with Gasteiger partial charge in [0.05, 0.1) is 24.6 Å². The zero-order chi connectivity index (χ0) is 31.3. The maximum atomic E-state index is 14.4. The summed E-state index contributed by atoms with van der Waals surface area (Å²) in [4.78, 5) is 26.3. The van der Waals surface area contributed by atoms with Gasteiger partial charge in [0.1, 0.15) is 18.0 Å². The molecule has 230 valence electrons. The summed E-state index contributed by atoms with van der Waals surface area (Å²) in [7, 11) is 1.81. The van der Waals surface area contributed by atoms with Crippen LogP contribution in [0.25, 0.3) is 22.5 Å². The van der Waals surface area contributed by atoms with Gasteiger partial charge in [0.25, 0.3) is 5.91 Å². The van der Waals surface area contributed by atoms with Gasteiger partial charge < -0.3 is 9.88 Å². The zero-order valence-corrected chi connectivity index (χ0v) is 24.6. The molecule has 10 nitrogen and oxygen atoms in total. The Morgan fingerprint density at radius 3 is 2.67 bits per heavy atom. The minimum Gasteiger partial charge on any atom is -0.369 e. The number of nitrogens with one attached hydrogen (secondary N) is 1. The number of hydrogen-bond donors (Lipinski definition) is 1. The van der Waals surface area contributed by atoms with Gasteiger partial charge in [-0.3, -0.25) is 19.6 Å². The summed E-state index contributed by atoms with van der Waals surface area (Å²) in [5, 5.41) is 20.4. The maximum absolute atomic E-state index is 14.4. The van der Waals surface area contributed by atoms with E-state index in [0.29, 0.717) is 46.8 Å². The molecule has 4 aromatic rings. The number of fused-ring (bicyclic) bond motifs is 1. The molecule has 0 radical (unpaired) electrons. The van der Waals surface area contributed by atoms with Crippen molar-refractivity contribution >= 4 is 17.5 Å². The second-order valence-electron chi connectivity index (χ2n) is 12.1. The number of benzene rings is 1. The van der Waals surface area contributed by atoms with Gasteiger partial charge in [-0.15, -0.1) is 10.2 Å². The molecule has 13 heteroatoms. The van der Waals surface area contributed by atoms with E-state index in [1.807, 2.05) is 7.05 Å². The molecule has 1 aromatic carbocycles. The van der Waals surface area contributed by atoms with Crippen molar-refractivity contribution in [3.05, 3.63) is 71.3 Å². The first-order chi connectivity index (χ1) is 21.6. The monoisotopic (exact) mass is 613 g/mol. The Kier molecular flexibility index (Phi) is 7.04. The zero-order valence-electron chi connectivity index (χ0n) is 24.6. The van der Waals surface area contributed by atoms with Crippen molar-refractivity contribution in [2.45, 2.75) is 44.9 Å². The highest BCUT2D eigenvalue weighted by atomic mass is 19.4. The molecule has 0 atom stereocenters. The SMILES string of the molecule is Cn1cnnc1-c1ccncc1-c1cc(NCCC#N)nc(N2Cc3c(cc(CN4CCC5(CC5)C4)cc3C(F)(F)F)C2=O)c1. The summed E-state index contributed by atoms with van der Waals surface area (Å²) in [6.07, 6.45) is 3.86. The molecule has 1 spiro atoms. The van der Waals surface area contributed by atoms with Crippen molar-refractivity contribution in [2.24, 2.45) is 12.5 Å². The number of anilines is 2. The summed E-state index contributed by atoms with van der Waals surface area (Å²) < 4.78 is 45.1. The number of likely N-dealkylation sites (tertiary alicyclic amines) is 1. The Hall–Kier alpha value is -4.83. The standard InChI is InChI=1S/C32H30F3N9O/c1-42-19-39-41-29(42)22-3-9-37-15-24(22)21-13-27(38-8-2-7-36)40-28(14-21)44-17-25-23(30(44)45)11-20(12-26(25)32(33,34)35)16-43-10-6-31(18-43)4-5-31/h3,9,11-15,19H,2,4-6,8,10,16-18H2,1H3,(H,38,40). The normalized spacial score (nSPS) is 17.1. The Morgan fingerprint density at radius 1 is 1.11 bits per heavy atom. The molecular weight excluding hydrogens is 583 g/mol. The van der Waals surface area contributed by atoms with Crippen LogP contribution in [0.3, 0.4) is 0 Å². The largest absolute Gasteiger partial charge is 0.416 e. The molecule has 1 saturated heterocycles. The molecule has 1 saturated carbocycles. The Morgan fingerprint density at radius 2 is 1.96 bits per heavy atom. The molecule has 3 aromatic heterocycles. The van der Waals surface area contributed by atoms with Gasteiger partial charge in [-0.2, -0.15) is 18.4 Å². The number of rotatable bonds is 8. The van der Waals surface area contributed by atoms with E-state index in [4.69, 9.17) is 5.26 Å². The smallest absolute Gasteiger partial charge is 0.369 e. The molecule has 1 amide bonds. The number of aryl methyl sites for hydroxylation is 1. The van der Waals surface area contributed by atoms with Crippen LogP contribution in [0.5, 0.6) is 0 Å². The van der Waals surface area contributed by atoms with Gasteiger partial charge in [-0.25, -0.2) is 4.98 Å². The highest BCUT2D eigenvalue weighted by Crippen LogP contribution is 2.53. The quantitative estimate of drug-likeness (QED) is 0.262. The fourth-order valence-corrected chi connectivity index (χ4v) is 6.50. The van der Waals surface area contributed by atoms with Crippen LogP contribution in [0.4, 0.5) is 24.8 Å². The van der Waals surface area contributed by atoms with Crippen LogP contribution < -0.4 is 10.2 Å². The summed E-state index contributed by atoms with van der Waals surface area (Å²) in [6.45, 7) is 2.13. The van der Waals surface area contributed by atoms with Crippen LogP contribution in [0, 0.1) is 16.7 Å². The molecule has 1 aliphatic carbocycles. The molecule has 5 heterocycles. The van der Waals surface area contributed by atoms with Crippen molar-refractivity contribution in [3.63, 3.8) is 0 Å². The lowest BCUT2D eigenvalue weighted by Gasteiger charge is -2.19. The molecule has 2 fully saturated rings. The number of nitrogens with zero attached hydrogens (tertiary/aromatic N) is 8. The van der Waals surface area contributed by atoms with Crippen LogP contribution in [0.2, 0.25) is 0 Å². The van der Waals surface area contributed by atoms with E-state index in [0.717, 1.165) is 25.1 Å². The number of halogens is 3. The first-order valence-corrected chi connectivity index (χ1v) is 14.8. The number of aromatic nitrogens is 5. The summed E-state index contributed by atoms with van der Waals surface area (Å²) in [5.41, 5.74) is 2.05. The molecule has 45 heavy (non-hydrogen) atoms. The van der Waals surface area contributed by atoms with E-state index >= 15 is 0 Å². The minimum absolute atomic E-state index is 0.0486. The fourth-order valence-electron chi connectivity index (χ4n) is 6.50. The molecule has 1 N–H and O–H groups in total. The third-order valence-electron chi connectivity index (χ3n) is 9.00. The van der Waals surface area contributed by atoms with E-state index in [2.05, 4.69) is 36.5 Å². The van der Waals surface area contributed by atoms with Crippen LogP contribution in [0.1, 0.15) is 52.7 Å². The average molecular weight is 614 g/mol. The molecule has 0 unspecified atom stereocenters. The average Bonchev–Trinajstić information content (AvgIpc) is 3.28. The van der Waals surface area contributed by atoms with E-state index in [1.54, 1.807) is 47.6 Å². The van der Waals surface area contributed by atoms with Crippen molar-refractivity contribution in [1.82, 2.24) is 29.6 Å². The van der Waals surface area contributed by atoms with Gasteiger partial charge in [0.15, 0.2) is 5.82 Å². The molecule has 2 aliphatic heterocycles. The van der Waals surface area contributed by atoms with Gasteiger partial charge in [-0.1, -0.05) is 0 Å². The Bertz CT molecular complexity index is 1840. The van der Waals surface area contributed by atoms with Gasteiger partial charge in [0.2, 0.25) is 0 Å². The number of amides is 1. The van der Waals surface area contributed by atoms with E-state index in [9.17, 15) is 18.0 Å². The highest BCUT2D eigenvalue weighted by molar-refractivity contribution is 6.10. The van der Waals surface area contributed by atoms with E-state index in [1.165, 1.54) is 23.8 Å². The highest BCUT2D eigenvalue weighted by Gasteiger charge is 2.47. The summed E-state index contributed by atoms with van der Waals surface area (Å²) >= 11 is 0. The topological polar surface area (TPSA) is 116 Å². The second kappa shape index (κ2) is 11.0. The predicted octanol–water partition coefficient (Wildman–Crippen LogP) is 5.43. The van der Waals surface area contributed by atoms with Crippen molar-refractivity contribution in [3.8, 4) is 28.6 Å². The van der Waals surface area contributed by atoms with Crippen molar-refractivity contribution in [1.29, 1.82) is 5.26 Å². The molecular formula is C32H30F3N9O. The molecule has 0 bridgehead atoms. The Balaban J connectivity index is 1.27. The minimum atomic E-state index is -4.63. The molecule has 7 rings (SSSR count). The predicted molar refractivity (Wildman–Crippen MR) is 160 cm³/mol. The van der Waals surface area contributed by atoms with Gasteiger partial charge in [0, 0.05) is 55.8 Å².